The first-order valence-corrected chi connectivity index (χ1v) is 9.92. The van der Waals surface area contributed by atoms with Gasteiger partial charge in [-0.25, -0.2) is 4.79 Å². The van der Waals surface area contributed by atoms with Gasteiger partial charge in [0.25, 0.3) is 0 Å². The second-order valence-electron chi connectivity index (χ2n) is 7.26. The molecule has 0 aliphatic carbocycles. The molecule has 0 fully saturated rings. The highest BCUT2D eigenvalue weighted by atomic mass is 16.4. The lowest BCUT2D eigenvalue weighted by Gasteiger charge is -2.21. The van der Waals surface area contributed by atoms with Crippen molar-refractivity contribution in [1.29, 1.82) is 0 Å². The largest absolute Gasteiger partial charge is 0.480 e. The Hall–Kier alpha value is -3.97. The van der Waals surface area contributed by atoms with Crippen molar-refractivity contribution < 1.29 is 34.2 Å². The van der Waals surface area contributed by atoms with Gasteiger partial charge < -0.3 is 42.6 Å². The number of carboxylic acid groups (broad SMARTS) is 1. The number of aliphatic carboxylic acids is 1. The standard InChI is InChI=1S/C20H26N6O7/c21-12(6-16(22)28)18(30)24-8-17(29)25-14(19(31)26-15(9-27)20(32)33)5-10-7-23-13-4-2-1-3-11(10)13/h1-4,7,12,14-15,23,27H,5-6,8-9,21H2,(H2,22,28)(H,24,30)(H,25,29)(H,26,31)(H,32,33). The highest BCUT2D eigenvalue weighted by molar-refractivity contribution is 5.94. The number of aliphatic hydroxyl groups excluding tert-OH is 1. The van der Waals surface area contributed by atoms with Gasteiger partial charge in [-0.05, 0) is 11.6 Å². The van der Waals surface area contributed by atoms with E-state index in [0.29, 0.717) is 5.56 Å². The number of rotatable bonds is 12. The van der Waals surface area contributed by atoms with E-state index in [1.807, 2.05) is 18.2 Å². The maximum atomic E-state index is 12.7. The SMILES string of the molecule is NC(=O)CC(N)C(=O)NCC(=O)NC(Cc1c[nH]c2ccccc12)C(=O)NC(CO)C(=O)O. The summed E-state index contributed by atoms with van der Waals surface area (Å²) in [4.78, 5) is 62.0. The molecule has 0 aliphatic heterocycles. The number of para-hydroxylation sites is 1. The number of aliphatic hydroxyl groups is 1. The fourth-order valence-corrected chi connectivity index (χ4v) is 3.04. The Labute approximate surface area is 187 Å². The quantitative estimate of drug-likeness (QED) is 0.162. The van der Waals surface area contributed by atoms with Crippen molar-refractivity contribution in [3.8, 4) is 0 Å². The van der Waals surface area contributed by atoms with Crippen LogP contribution in [0.5, 0.6) is 0 Å². The molecule has 10 N–H and O–H groups in total. The summed E-state index contributed by atoms with van der Waals surface area (Å²) in [5, 5.41) is 25.9. The number of nitrogens with one attached hydrogen (secondary N) is 4. The molecule has 0 saturated carbocycles. The van der Waals surface area contributed by atoms with E-state index in [1.54, 1.807) is 12.3 Å². The Bertz CT molecular complexity index is 1040. The Morgan fingerprint density at radius 1 is 1.03 bits per heavy atom. The van der Waals surface area contributed by atoms with Crippen LogP contribution in [0.4, 0.5) is 0 Å². The molecular formula is C20H26N6O7. The normalized spacial score (nSPS) is 13.5. The van der Waals surface area contributed by atoms with Crippen LogP contribution in [0.2, 0.25) is 0 Å². The number of carbonyl (C=O) groups is 5. The number of hydrogen-bond acceptors (Lipinski definition) is 7. The number of nitrogens with two attached hydrogens (primary N) is 2. The number of H-pyrrole nitrogens is 1. The predicted octanol–water partition coefficient (Wildman–Crippen LogP) is -2.92. The molecule has 33 heavy (non-hydrogen) atoms. The number of primary amides is 1. The minimum absolute atomic E-state index is 0.00547. The predicted molar refractivity (Wildman–Crippen MR) is 115 cm³/mol. The maximum absolute atomic E-state index is 12.7. The molecule has 0 bridgehead atoms. The number of fused-ring (bicyclic) bond motifs is 1. The number of aromatic nitrogens is 1. The Morgan fingerprint density at radius 3 is 2.36 bits per heavy atom. The zero-order valence-corrected chi connectivity index (χ0v) is 17.5. The van der Waals surface area contributed by atoms with Crippen LogP contribution < -0.4 is 27.4 Å². The summed E-state index contributed by atoms with van der Waals surface area (Å²) in [6.07, 6.45) is 1.24. The van der Waals surface area contributed by atoms with Crippen LogP contribution in [0.3, 0.4) is 0 Å². The molecule has 4 amide bonds. The molecule has 1 aromatic carbocycles. The lowest BCUT2D eigenvalue weighted by Crippen LogP contribution is -2.55. The van der Waals surface area contributed by atoms with Gasteiger partial charge in [0.05, 0.1) is 25.6 Å². The van der Waals surface area contributed by atoms with E-state index in [0.717, 1.165) is 10.9 Å². The van der Waals surface area contributed by atoms with Gasteiger partial charge in [-0.15, -0.1) is 0 Å². The molecule has 2 aromatic rings. The summed E-state index contributed by atoms with van der Waals surface area (Å²) < 4.78 is 0. The van der Waals surface area contributed by atoms with Crippen LogP contribution >= 0.6 is 0 Å². The van der Waals surface area contributed by atoms with E-state index in [9.17, 15) is 29.1 Å². The van der Waals surface area contributed by atoms with Gasteiger partial charge in [0.2, 0.25) is 23.6 Å². The molecular weight excluding hydrogens is 436 g/mol. The minimum Gasteiger partial charge on any atom is -0.480 e. The monoisotopic (exact) mass is 462 g/mol. The lowest BCUT2D eigenvalue weighted by atomic mass is 10.0. The number of amides is 4. The first-order chi connectivity index (χ1) is 15.6. The number of carboxylic acids is 1. The molecule has 0 aliphatic rings. The van der Waals surface area contributed by atoms with Crippen LogP contribution in [0.1, 0.15) is 12.0 Å². The van der Waals surface area contributed by atoms with E-state index >= 15 is 0 Å². The van der Waals surface area contributed by atoms with Gasteiger partial charge in [-0.2, -0.15) is 0 Å². The molecule has 1 aromatic heterocycles. The van der Waals surface area contributed by atoms with Crippen molar-refractivity contribution in [3.63, 3.8) is 0 Å². The first-order valence-electron chi connectivity index (χ1n) is 9.92. The van der Waals surface area contributed by atoms with Crippen LogP contribution in [-0.4, -0.2) is 76.1 Å². The van der Waals surface area contributed by atoms with Crippen molar-refractivity contribution in [2.45, 2.75) is 31.0 Å². The van der Waals surface area contributed by atoms with Crippen LogP contribution in [0, 0.1) is 0 Å². The van der Waals surface area contributed by atoms with E-state index in [-0.39, 0.29) is 6.42 Å². The van der Waals surface area contributed by atoms with Crippen LogP contribution in [0.15, 0.2) is 30.5 Å². The summed E-state index contributed by atoms with van der Waals surface area (Å²) in [5.74, 6) is -4.61. The smallest absolute Gasteiger partial charge is 0.328 e. The average Bonchev–Trinajstić information content (AvgIpc) is 3.17. The highest BCUT2D eigenvalue weighted by Gasteiger charge is 2.27. The van der Waals surface area contributed by atoms with Crippen molar-refractivity contribution in [2.24, 2.45) is 11.5 Å². The van der Waals surface area contributed by atoms with Crippen molar-refractivity contribution in [3.05, 3.63) is 36.0 Å². The minimum atomic E-state index is -1.56. The molecule has 178 valence electrons. The van der Waals surface area contributed by atoms with Crippen molar-refractivity contribution in [2.75, 3.05) is 13.2 Å². The first kappa shape index (κ1) is 25.3. The highest BCUT2D eigenvalue weighted by Crippen LogP contribution is 2.19. The third-order valence-electron chi connectivity index (χ3n) is 4.73. The van der Waals surface area contributed by atoms with E-state index < -0.39 is 67.3 Å². The molecule has 0 radical (unpaired) electrons. The number of hydrogen-bond donors (Lipinski definition) is 8. The molecule has 13 nitrogen and oxygen atoms in total. The Kier molecular flexibility index (Phi) is 8.89. The van der Waals surface area contributed by atoms with Gasteiger partial charge in [-0.1, -0.05) is 18.2 Å². The summed E-state index contributed by atoms with van der Waals surface area (Å²) in [5.41, 5.74) is 12.0. The number of carbonyl (C=O) groups excluding carboxylic acids is 4. The van der Waals surface area contributed by atoms with Crippen molar-refractivity contribution >= 4 is 40.5 Å². The third-order valence-corrected chi connectivity index (χ3v) is 4.73. The van der Waals surface area contributed by atoms with E-state index in [4.69, 9.17) is 16.6 Å². The summed E-state index contributed by atoms with van der Waals surface area (Å²) >= 11 is 0. The third kappa shape index (κ3) is 7.29. The van der Waals surface area contributed by atoms with Gasteiger partial charge in [0.15, 0.2) is 0 Å². The zero-order valence-electron chi connectivity index (χ0n) is 17.5. The zero-order chi connectivity index (χ0) is 24.5. The number of aromatic amines is 1. The Morgan fingerprint density at radius 2 is 1.73 bits per heavy atom. The molecule has 3 atom stereocenters. The topological polar surface area (TPSA) is 230 Å². The van der Waals surface area contributed by atoms with Gasteiger partial charge in [0, 0.05) is 23.5 Å². The number of benzene rings is 1. The lowest BCUT2D eigenvalue weighted by molar-refractivity contribution is -0.143. The fraction of sp³-hybridized carbons (Fsp3) is 0.350. The van der Waals surface area contributed by atoms with Gasteiger partial charge >= 0.3 is 5.97 Å². The summed E-state index contributed by atoms with van der Waals surface area (Å²) in [6.45, 7) is -1.39. The molecule has 13 heteroatoms. The summed E-state index contributed by atoms with van der Waals surface area (Å²) in [7, 11) is 0. The van der Waals surface area contributed by atoms with Crippen molar-refractivity contribution in [1.82, 2.24) is 20.9 Å². The van der Waals surface area contributed by atoms with E-state index in [2.05, 4.69) is 20.9 Å². The molecule has 1 heterocycles. The fourth-order valence-electron chi connectivity index (χ4n) is 3.04. The molecule has 0 spiro atoms. The van der Waals surface area contributed by atoms with Gasteiger partial charge in [0.1, 0.15) is 12.1 Å². The molecule has 2 rings (SSSR count). The molecule has 3 unspecified atom stereocenters. The van der Waals surface area contributed by atoms with Crippen LogP contribution in [-0.2, 0) is 30.4 Å². The average molecular weight is 462 g/mol. The van der Waals surface area contributed by atoms with E-state index in [1.165, 1.54) is 0 Å². The van der Waals surface area contributed by atoms with Crippen LogP contribution in [0.25, 0.3) is 10.9 Å². The second kappa shape index (κ2) is 11.6. The Balaban J connectivity index is 2.12. The summed E-state index contributed by atoms with van der Waals surface area (Å²) in [6, 6.07) is 3.23. The molecule has 0 saturated heterocycles. The maximum Gasteiger partial charge on any atom is 0.328 e. The van der Waals surface area contributed by atoms with Gasteiger partial charge in [-0.3, -0.25) is 19.2 Å². The second-order valence-corrected chi connectivity index (χ2v) is 7.26.